The van der Waals surface area contributed by atoms with Gasteiger partial charge in [-0.25, -0.2) is 9.59 Å². The number of alkyl carbamates (subject to hydrolysis) is 1. The third-order valence-electron chi connectivity index (χ3n) is 5.22. The number of halogens is 1. The molecule has 0 radical (unpaired) electrons. The zero-order valence-electron chi connectivity index (χ0n) is 18.3. The van der Waals surface area contributed by atoms with Crippen LogP contribution in [-0.4, -0.2) is 40.1 Å². The molecular weight excluding hydrogens is 490 g/mol. The van der Waals surface area contributed by atoms with Crippen molar-refractivity contribution in [2.45, 2.75) is 39.0 Å². The SMILES string of the molecule is CC(C)[C@H](NC(=O)OCc1ccccc1)C(=O)NC(Cc1c[nH]c2c(Br)cccc12)C(=O)O. The fourth-order valence-electron chi connectivity index (χ4n) is 3.45. The fraction of sp³-hybridized carbons (Fsp3) is 0.292. The number of nitrogens with one attached hydrogen (secondary N) is 3. The molecule has 3 rings (SSSR count). The summed E-state index contributed by atoms with van der Waals surface area (Å²) in [4.78, 5) is 40.2. The smallest absolute Gasteiger partial charge is 0.408 e. The summed E-state index contributed by atoms with van der Waals surface area (Å²) in [5, 5.41) is 15.7. The van der Waals surface area contributed by atoms with E-state index in [9.17, 15) is 19.5 Å². The first-order valence-electron chi connectivity index (χ1n) is 10.5. The summed E-state index contributed by atoms with van der Waals surface area (Å²) in [6, 6.07) is 12.7. The molecule has 2 amide bonds. The highest BCUT2D eigenvalue weighted by molar-refractivity contribution is 9.10. The van der Waals surface area contributed by atoms with Gasteiger partial charge < -0.3 is 25.5 Å². The van der Waals surface area contributed by atoms with Crippen molar-refractivity contribution in [1.29, 1.82) is 0 Å². The van der Waals surface area contributed by atoms with Gasteiger partial charge in [-0.15, -0.1) is 0 Å². The van der Waals surface area contributed by atoms with Gasteiger partial charge >= 0.3 is 12.1 Å². The number of carbonyl (C=O) groups is 3. The van der Waals surface area contributed by atoms with Gasteiger partial charge in [-0.3, -0.25) is 4.79 Å². The number of amides is 2. The Bertz CT molecular complexity index is 1130. The quantitative estimate of drug-likeness (QED) is 0.343. The van der Waals surface area contributed by atoms with E-state index in [0.717, 1.165) is 26.5 Å². The van der Waals surface area contributed by atoms with Crippen LogP contribution in [0.2, 0.25) is 0 Å². The molecule has 0 saturated carbocycles. The molecule has 2 atom stereocenters. The predicted octanol–water partition coefficient (Wildman–Crippen LogP) is 3.99. The van der Waals surface area contributed by atoms with E-state index >= 15 is 0 Å². The second-order valence-corrected chi connectivity index (χ2v) is 8.86. The van der Waals surface area contributed by atoms with Crippen molar-refractivity contribution in [2.75, 3.05) is 0 Å². The lowest BCUT2D eigenvalue weighted by atomic mass is 10.0. The first kappa shape index (κ1) is 24.3. The first-order valence-corrected chi connectivity index (χ1v) is 11.3. The lowest BCUT2D eigenvalue weighted by molar-refractivity contribution is -0.142. The van der Waals surface area contributed by atoms with Crippen LogP contribution in [0, 0.1) is 5.92 Å². The molecular formula is C24H26BrN3O5. The molecule has 1 unspecified atom stereocenters. The van der Waals surface area contributed by atoms with Crippen LogP contribution < -0.4 is 10.6 Å². The minimum Gasteiger partial charge on any atom is -0.480 e. The number of H-pyrrole nitrogens is 1. The van der Waals surface area contributed by atoms with Gasteiger partial charge in [-0.05, 0) is 39.0 Å². The van der Waals surface area contributed by atoms with Gasteiger partial charge in [0.25, 0.3) is 0 Å². The number of carboxylic acid groups (broad SMARTS) is 1. The van der Waals surface area contributed by atoms with Crippen LogP contribution in [0.25, 0.3) is 10.9 Å². The van der Waals surface area contributed by atoms with Crippen LogP contribution >= 0.6 is 15.9 Å². The van der Waals surface area contributed by atoms with E-state index in [1.807, 2.05) is 48.5 Å². The highest BCUT2D eigenvalue weighted by Gasteiger charge is 2.29. The van der Waals surface area contributed by atoms with Gasteiger partial charge in [0.2, 0.25) is 5.91 Å². The maximum atomic E-state index is 12.9. The monoisotopic (exact) mass is 515 g/mol. The average molecular weight is 516 g/mol. The molecule has 1 heterocycles. The van der Waals surface area contributed by atoms with Gasteiger partial charge in [0, 0.05) is 22.5 Å². The van der Waals surface area contributed by atoms with E-state index in [1.165, 1.54) is 0 Å². The Labute approximate surface area is 199 Å². The highest BCUT2D eigenvalue weighted by Crippen LogP contribution is 2.26. The maximum Gasteiger partial charge on any atom is 0.408 e. The molecule has 0 spiro atoms. The summed E-state index contributed by atoms with van der Waals surface area (Å²) in [6.45, 7) is 3.58. The van der Waals surface area contributed by atoms with Crippen LogP contribution in [0.3, 0.4) is 0 Å². The van der Waals surface area contributed by atoms with Gasteiger partial charge in [-0.1, -0.05) is 56.3 Å². The first-order chi connectivity index (χ1) is 15.8. The van der Waals surface area contributed by atoms with Crippen molar-refractivity contribution in [1.82, 2.24) is 15.6 Å². The van der Waals surface area contributed by atoms with Crippen LogP contribution in [0.4, 0.5) is 4.79 Å². The third kappa shape index (κ3) is 6.35. The topological polar surface area (TPSA) is 121 Å². The number of rotatable bonds is 9. The van der Waals surface area contributed by atoms with Gasteiger partial charge in [0.15, 0.2) is 0 Å². The third-order valence-corrected chi connectivity index (χ3v) is 5.88. The predicted molar refractivity (Wildman–Crippen MR) is 128 cm³/mol. The van der Waals surface area contributed by atoms with Crippen LogP contribution in [0.5, 0.6) is 0 Å². The molecule has 3 aromatic rings. The average Bonchev–Trinajstić information content (AvgIpc) is 3.20. The Hall–Kier alpha value is -3.33. The van der Waals surface area contributed by atoms with Crippen molar-refractivity contribution in [3.05, 3.63) is 70.3 Å². The van der Waals surface area contributed by atoms with Gasteiger partial charge in [0.1, 0.15) is 18.7 Å². The molecule has 8 nitrogen and oxygen atoms in total. The van der Waals surface area contributed by atoms with E-state index < -0.39 is 30.1 Å². The Morgan fingerprint density at radius 1 is 1.06 bits per heavy atom. The molecule has 0 saturated heterocycles. The minimum atomic E-state index is -1.17. The van der Waals surface area contributed by atoms with E-state index in [2.05, 4.69) is 31.5 Å². The zero-order valence-corrected chi connectivity index (χ0v) is 19.9. The molecule has 0 bridgehead atoms. The molecule has 0 aliphatic carbocycles. The number of carbonyl (C=O) groups excluding carboxylic acids is 2. The van der Waals surface area contributed by atoms with Crippen LogP contribution in [0.1, 0.15) is 25.0 Å². The molecule has 0 fully saturated rings. The Morgan fingerprint density at radius 2 is 1.79 bits per heavy atom. The number of fused-ring (bicyclic) bond motifs is 1. The molecule has 1 aromatic heterocycles. The van der Waals surface area contributed by atoms with Crippen molar-refractivity contribution in [3.8, 4) is 0 Å². The normalized spacial score (nSPS) is 12.8. The van der Waals surface area contributed by atoms with Crippen molar-refractivity contribution < 1.29 is 24.2 Å². The molecule has 9 heteroatoms. The largest absolute Gasteiger partial charge is 0.480 e. The lowest BCUT2D eigenvalue weighted by Gasteiger charge is -2.23. The van der Waals surface area contributed by atoms with Crippen molar-refractivity contribution in [3.63, 3.8) is 0 Å². The minimum absolute atomic E-state index is 0.0625. The Balaban J connectivity index is 1.65. The molecule has 174 valence electrons. The summed E-state index contributed by atoms with van der Waals surface area (Å²) >= 11 is 3.46. The maximum absolute atomic E-state index is 12.9. The summed E-state index contributed by atoms with van der Waals surface area (Å²) in [6.07, 6.45) is 1.07. The van der Waals surface area contributed by atoms with Gasteiger partial charge in [-0.2, -0.15) is 0 Å². The Kier molecular flexibility index (Phi) is 8.11. The van der Waals surface area contributed by atoms with Crippen molar-refractivity contribution >= 4 is 44.8 Å². The summed E-state index contributed by atoms with van der Waals surface area (Å²) in [5.41, 5.74) is 2.43. The molecule has 33 heavy (non-hydrogen) atoms. The summed E-state index contributed by atoms with van der Waals surface area (Å²) in [5.74, 6) is -2.04. The highest BCUT2D eigenvalue weighted by atomic mass is 79.9. The number of aromatic amines is 1. The standard InChI is InChI=1S/C24H26BrN3O5/c1-14(2)20(28-24(32)33-13-15-7-4-3-5-8-15)22(29)27-19(23(30)31)11-16-12-26-21-17(16)9-6-10-18(21)25/h3-10,12,14,19-20,26H,11,13H2,1-2H3,(H,27,29)(H,28,32)(H,30,31)/t19?,20-/m0/s1. The molecule has 4 N–H and O–H groups in total. The van der Waals surface area contributed by atoms with E-state index in [0.29, 0.717) is 0 Å². The number of carboxylic acids is 1. The summed E-state index contributed by atoms with van der Waals surface area (Å²) < 4.78 is 6.06. The number of hydrogen-bond acceptors (Lipinski definition) is 4. The second kappa shape index (κ2) is 11.0. The summed E-state index contributed by atoms with van der Waals surface area (Å²) in [7, 11) is 0. The lowest BCUT2D eigenvalue weighted by Crippen LogP contribution is -2.54. The second-order valence-electron chi connectivity index (χ2n) is 8.01. The number of hydrogen-bond donors (Lipinski definition) is 4. The number of para-hydroxylation sites is 1. The number of ether oxygens (including phenoxy) is 1. The Morgan fingerprint density at radius 3 is 2.45 bits per heavy atom. The van der Waals surface area contributed by atoms with E-state index in [-0.39, 0.29) is 18.9 Å². The molecule has 0 aliphatic heterocycles. The van der Waals surface area contributed by atoms with E-state index in [1.54, 1.807) is 20.0 Å². The van der Waals surface area contributed by atoms with Crippen LogP contribution in [0.15, 0.2) is 59.2 Å². The van der Waals surface area contributed by atoms with E-state index in [4.69, 9.17) is 4.74 Å². The zero-order chi connectivity index (χ0) is 24.0. The number of benzene rings is 2. The van der Waals surface area contributed by atoms with Crippen LogP contribution in [-0.2, 0) is 27.4 Å². The molecule has 0 aliphatic rings. The van der Waals surface area contributed by atoms with Gasteiger partial charge in [0.05, 0.1) is 5.52 Å². The van der Waals surface area contributed by atoms with Crippen molar-refractivity contribution in [2.24, 2.45) is 5.92 Å². The number of aromatic nitrogens is 1. The number of aliphatic carboxylic acids is 1. The fourth-order valence-corrected chi connectivity index (χ4v) is 3.93. The molecule has 2 aromatic carbocycles.